The van der Waals surface area contributed by atoms with Crippen LogP contribution in [0.1, 0.15) is 36.3 Å². The normalized spacial score (nSPS) is 15.3. The SMILES string of the molecule is CC1(C)CC(=O)c2c([nH]c(-c3cc[n+](CC(F)(F)F)cc3)c2Nc2ccccc2)C1.O=S(=O)(O)C(F)(F)F. The third kappa shape index (κ3) is 7.34. The summed E-state index contributed by atoms with van der Waals surface area (Å²) >= 11 is 0. The number of nitrogens with zero attached hydrogens (tertiary/aromatic N) is 1. The molecular weight excluding hydrogens is 540 g/mol. The molecule has 2 heterocycles. The van der Waals surface area contributed by atoms with Gasteiger partial charge in [0.1, 0.15) is 0 Å². The summed E-state index contributed by atoms with van der Waals surface area (Å²) in [6.45, 7) is 3.07. The lowest BCUT2D eigenvalue weighted by atomic mass is 9.76. The number of ketones is 1. The number of aromatic amines is 1. The molecule has 3 N–H and O–H groups in total. The van der Waals surface area contributed by atoms with Gasteiger partial charge in [-0.1, -0.05) is 32.0 Å². The van der Waals surface area contributed by atoms with Crippen LogP contribution >= 0.6 is 0 Å². The van der Waals surface area contributed by atoms with Crippen LogP contribution in [0.3, 0.4) is 0 Å². The van der Waals surface area contributed by atoms with E-state index in [1.807, 2.05) is 30.3 Å². The first-order valence-electron chi connectivity index (χ1n) is 11.1. The van der Waals surface area contributed by atoms with E-state index < -0.39 is 28.3 Å². The van der Waals surface area contributed by atoms with Crippen molar-refractivity contribution in [2.75, 3.05) is 5.32 Å². The highest BCUT2D eigenvalue weighted by molar-refractivity contribution is 7.86. The quantitative estimate of drug-likeness (QED) is 0.160. The minimum absolute atomic E-state index is 0.0604. The van der Waals surface area contributed by atoms with E-state index in [9.17, 15) is 31.1 Å². The van der Waals surface area contributed by atoms with Gasteiger partial charge < -0.3 is 10.3 Å². The molecule has 3 aromatic rings. The highest BCUT2D eigenvalue weighted by Gasteiger charge is 2.44. The van der Waals surface area contributed by atoms with E-state index in [2.05, 4.69) is 24.1 Å². The van der Waals surface area contributed by atoms with Crippen molar-refractivity contribution in [3.63, 3.8) is 0 Å². The fourth-order valence-corrected chi connectivity index (χ4v) is 4.00. The van der Waals surface area contributed by atoms with Gasteiger partial charge in [-0.25, -0.2) is 0 Å². The van der Waals surface area contributed by atoms with Crippen LogP contribution in [0, 0.1) is 5.41 Å². The van der Waals surface area contributed by atoms with Crippen LogP contribution in [0.4, 0.5) is 37.7 Å². The van der Waals surface area contributed by atoms with Gasteiger partial charge in [0.25, 0.3) is 0 Å². The zero-order chi connectivity index (χ0) is 28.5. The Morgan fingerprint density at radius 3 is 2.05 bits per heavy atom. The van der Waals surface area contributed by atoms with Crippen molar-refractivity contribution in [3.05, 3.63) is 66.1 Å². The summed E-state index contributed by atoms with van der Waals surface area (Å²) in [6, 6.07) is 12.8. The number of hydrogen-bond acceptors (Lipinski definition) is 4. The first-order valence-corrected chi connectivity index (χ1v) is 12.5. The van der Waals surface area contributed by atoms with Gasteiger partial charge in [-0.3, -0.25) is 9.35 Å². The molecule has 0 amide bonds. The number of carbonyl (C=O) groups is 1. The Balaban J connectivity index is 0.000000436. The molecule has 0 unspecified atom stereocenters. The van der Waals surface area contributed by atoms with Crippen molar-refractivity contribution in [2.45, 2.75) is 44.9 Å². The number of fused-ring (bicyclic) bond motifs is 1. The van der Waals surface area contributed by atoms with E-state index >= 15 is 0 Å². The maximum absolute atomic E-state index is 13.0. The standard InChI is InChI=1S/C23H22F3N3O.CHF3O3S/c1-22(2)12-17-19(18(30)13-22)21(27-16-6-4-3-5-7-16)20(28-17)15-8-10-29(11-9-15)14-23(24,25)26;2-1(3,4)8(5,6)7/h3-11H,12-14H2,1-2H3,(H,27,28,30);(H,5,6,7)/p+1. The van der Waals surface area contributed by atoms with Crippen molar-refractivity contribution in [3.8, 4) is 11.3 Å². The highest BCUT2D eigenvalue weighted by atomic mass is 32.2. The topological polar surface area (TPSA) is 103 Å². The summed E-state index contributed by atoms with van der Waals surface area (Å²) < 4.78 is 96.6. The third-order valence-corrected chi connectivity index (χ3v) is 6.11. The van der Waals surface area contributed by atoms with Crippen molar-refractivity contribution >= 4 is 27.3 Å². The first kappa shape index (κ1) is 29.2. The zero-order valence-electron chi connectivity index (χ0n) is 20.1. The number of para-hydroxylation sites is 1. The van der Waals surface area contributed by atoms with Crippen LogP contribution < -0.4 is 9.88 Å². The van der Waals surface area contributed by atoms with Gasteiger partial charge in [-0.05, 0) is 24.0 Å². The van der Waals surface area contributed by atoms with Crippen LogP contribution in [0.25, 0.3) is 11.3 Å². The summed E-state index contributed by atoms with van der Waals surface area (Å²) in [5.41, 5.74) is -1.26. The predicted octanol–water partition coefficient (Wildman–Crippen LogP) is 5.82. The number of carbonyl (C=O) groups excluding carboxylic acids is 1. The van der Waals surface area contributed by atoms with Crippen molar-refractivity contribution in [2.24, 2.45) is 5.41 Å². The molecule has 0 fully saturated rings. The fraction of sp³-hybridized carbons (Fsp3) is 0.333. The highest BCUT2D eigenvalue weighted by Crippen LogP contribution is 2.43. The molecule has 0 aliphatic heterocycles. The third-order valence-electron chi connectivity index (χ3n) is 5.53. The average Bonchev–Trinajstić information content (AvgIpc) is 3.10. The molecule has 206 valence electrons. The van der Waals surface area contributed by atoms with Gasteiger partial charge in [0, 0.05) is 35.5 Å². The predicted molar refractivity (Wildman–Crippen MR) is 126 cm³/mol. The Morgan fingerprint density at radius 1 is 1.00 bits per heavy atom. The van der Waals surface area contributed by atoms with Crippen molar-refractivity contribution < 1.29 is 48.7 Å². The molecule has 4 rings (SSSR count). The maximum atomic E-state index is 13.0. The van der Waals surface area contributed by atoms with E-state index in [4.69, 9.17) is 13.0 Å². The molecule has 38 heavy (non-hydrogen) atoms. The molecule has 0 bridgehead atoms. The zero-order valence-corrected chi connectivity index (χ0v) is 20.9. The number of rotatable bonds is 4. The number of halogens is 6. The molecule has 1 aromatic carbocycles. The summed E-state index contributed by atoms with van der Waals surface area (Å²) in [4.78, 5) is 16.4. The van der Waals surface area contributed by atoms with Crippen LogP contribution in [-0.2, 0) is 23.1 Å². The number of anilines is 2. The van der Waals surface area contributed by atoms with Crippen molar-refractivity contribution in [1.29, 1.82) is 0 Å². The Hall–Kier alpha value is -3.39. The molecule has 1 aliphatic carbocycles. The van der Waals surface area contributed by atoms with E-state index in [1.165, 1.54) is 12.4 Å². The Bertz CT molecular complexity index is 1400. The number of aromatic nitrogens is 2. The Morgan fingerprint density at radius 2 is 1.55 bits per heavy atom. The van der Waals surface area contributed by atoms with E-state index in [0.29, 0.717) is 28.9 Å². The number of alkyl halides is 6. The summed E-state index contributed by atoms with van der Waals surface area (Å²) in [5, 5.41) is 3.35. The second kappa shape index (κ2) is 10.4. The minimum Gasteiger partial charge on any atom is -0.356 e. The number of benzene rings is 1. The number of H-pyrrole nitrogens is 1. The van der Waals surface area contributed by atoms with Gasteiger partial charge in [-0.2, -0.15) is 39.3 Å². The smallest absolute Gasteiger partial charge is 0.356 e. The Kier molecular flexibility index (Phi) is 7.99. The van der Waals surface area contributed by atoms with Crippen LogP contribution in [0.15, 0.2) is 54.9 Å². The first-order chi connectivity index (χ1) is 17.4. The molecule has 0 atom stereocenters. The summed E-state index contributed by atoms with van der Waals surface area (Å²) in [5.74, 6) is 0.0604. The van der Waals surface area contributed by atoms with Gasteiger partial charge in [-0.15, -0.1) is 0 Å². The van der Waals surface area contributed by atoms with E-state index in [0.717, 1.165) is 22.4 Å². The number of pyridine rings is 1. The lowest BCUT2D eigenvalue weighted by molar-refractivity contribution is -0.719. The number of nitrogens with one attached hydrogen (secondary N) is 2. The van der Waals surface area contributed by atoms with Crippen LogP contribution in [-0.4, -0.2) is 35.4 Å². The van der Waals surface area contributed by atoms with Gasteiger partial charge in [0.2, 0.25) is 6.54 Å². The molecule has 0 saturated heterocycles. The van der Waals surface area contributed by atoms with Gasteiger partial charge in [0.05, 0.1) is 16.9 Å². The molecule has 7 nitrogen and oxygen atoms in total. The molecule has 0 saturated carbocycles. The van der Waals surface area contributed by atoms with Crippen LogP contribution in [0.5, 0.6) is 0 Å². The Labute approximate surface area is 214 Å². The lowest BCUT2D eigenvalue weighted by Gasteiger charge is -2.28. The molecule has 0 spiro atoms. The number of Topliss-reactive ketones (excluding diaryl/α,β-unsaturated/α-hetero) is 1. The molecule has 2 aromatic heterocycles. The molecule has 0 radical (unpaired) electrons. The summed E-state index contributed by atoms with van der Waals surface area (Å²) in [7, 11) is -5.84. The average molecular weight is 565 g/mol. The van der Waals surface area contributed by atoms with Crippen molar-refractivity contribution in [1.82, 2.24) is 4.98 Å². The molecule has 14 heteroatoms. The van der Waals surface area contributed by atoms with E-state index in [-0.39, 0.29) is 11.2 Å². The minimum atomic E-state index is -5.84. The fourth-order valence-electron chi connectivity index (χ4n) is 4.00. The van der Waals surface area contributed by atoms with E-state index in [1.54, 1.807) is 12.1 Å². The van der Waals surface area contributed by atoms with Crippen LogP contribution in [0.2, 0.25) is 0 Å². The number of hydrogen-bond donors (Lipinski definition) is 3. The molecular formula is C24H24F6N3O4S+. The molecule has 1 aliphatic rings. The van der Waals surface area contributed by atoms with Gasteiger partial charge >= 0.3 is 21.8 Å². The second-order valence-corrected chi connectivity index (χ2v) is 10.9. The maximum Gasteiger partial charge on any atom is 0.522 e. The second-order valence-electron chi connectivity index (χ2n) is 9.46. The van der Waals surface area contributed by atoms with Gasteiger partial charge in [0.15, 0.2) is 18.2 Å². The summed E-state index contributed by atoms with van der Waals surface area (Å²) in [6.07, 6.45) is -0.309. The lowest BCUT2D eigenvalue weighted by Crippen LogP contribution is -2.40. The largest absolute Gasteiger partial charge is 0.522 e. The monoisotopic (exact) mass is 564 g/mol.